The number of para-hydroxylation sites is 1. The highest BCUT2D eigenvalue weighted by Crippen LogP contribution is 2.27. The number of nitrogens with zero attached hydrogens (tertiary/aromatic N) is 3. The molecule has 0 aliphatic carbocycles. The van der Waals surface area contributed by atoms with Crippen LogP contribution in [0.15, 0.2) is 48.5 Å². The fourth-order valence-electron chi connectivity index (χ4n) is 4.85. The number of benzene rings is 2. The van der Waals surface area contributed by atoms with Gasteiger partial charge < -0.3 is 14.5 Å². The first-order valence-electron chi connectivity index (χ1n) is 10.9. The Morgan fingerprint density at radius 1 is 0.966 bits per heavy atom. The molecule has 0 saturated carbocycles. The molecule has 0 radical (unpaired) electrons. The van der Waals surface area contributed by atoms with E-state index in [4.69, 9.17) is 4.74 Å². The maximum atomic E-state index is 13.0. The fourth-order valence-corrected chi connectivity index (χ4v) is 4.85. The number of anilines is 1. The van der Waals surface area contributed by atoms with Gasteiger partial charge in [-0.1, -0.05) is 30.3 Å². The van der Waals surface area contributed by atoms with E-state index in [9.17, 15) is 4.79 Å². The van der Waals surface area contributed by atoms with Gasteiger partial charge in [0, 0.05) is 51.4 Å². The van der Waals surface area contributed by atoms with Crippen LogP contribution >= 0.6 is 0 Å². The molecule has 2 aromatic rings. The molecule has 29 heavy (non-hydrogen) atoms. The van der Waals surface area contributed by atoms with Crippen molar-refractivity contribution in [3.8, 4) is 5.75 Å². The largest absolute Gasteiger partial charge is 0.493 e. The topological polar surface area (TPSA) is 36.0 Å². The zero-order valence-electron chi connectivity index (χ0n) is 16.9. The monoisotopic (exact) mass is 391 g/mol. The summed E-state index contributed by atoms with van der Waals surface area (Å²) in [7, 11) is 0. The third-order valence-corrected chi connectivity index (χ3v) is 6.56. The van der Waals surface area contributed by atoms with Crippen LogP contribution in [-0.2, 0) is 17.6 Å². The van der Waals surface area contributed by atoms with Crippen LogP contribution < -0.4 is 9.64 Å². The molecule has 0 N–H and O–H groups in total. The van der Waals surface area contributed by atoms with Gasteiger partial charge >= 0.3 is 0 Å². The van der Waals surface area contributed by atoms with Crippen molar-refractivity contribution in [1.29, 1.82) is 0 Å². The average molecular weight is 392 g/mol. The van der Waals surface area contributed by atoms with E-state index >= 15 is 0 Å². The lowest BCUT2D eigenvalue weighted by atomic mass is 10.1. The van der Waals surface area contributed by atoms with Crippen molar-refractivity contribution in [2.75, 3.05) is 50.8 Å². The molecule has 0 bridgehead atoms. The molecule has 2 fully saturated rings. The highest BCUT2D eigenvalue weighted by atomic mass is 16.5. The summed E-state index contributed by atoms with van der Waals surface area (Å²) in [6.45, 7) is 6.79. The second-order valence-corrected chi connectivity index (χ2v) is 8.30. The van der Waals surface area contributed by atoms with E-state index < -0.39 is 0 Å². The van der Waals surface area contributed by atoms with Gasteiger partial charge in [0.2, 0.25) is 5.91 Å². The number of piperazine rings is 1. The maximum absolute atomic E-state index is 13.0. The third-order valence-electron chi connectivity index (χ3n) is 6.56. The first-order valence-corrected chi connectivity index (χ1v) is 10.9. The molecule has 1 atom stereocenters. The molecule has 152 valence electrons. The van der Waals surface area contributed by atoms with E-state index in [1.807, 2.05) is 35.2 Å². The molecule has 5 nitrogen and oxygen atoms in total. The van der Waals surface area contributed by atoms with E-state index in [1.54, 1.807) is 0 Å². The van der Waals surface area contributed by atoms with E-state index in [0.29, 0.717) is 0 Å². The summed E-state index contributed by atoms with van der Waals surface area (Å²) in [5, 5.41) is 0. The van der Waals surface area contributed by atoms with Crippen LogP contribution in [-0.4, -0.2) is 67.6 Å². The average Bonchev–Trinajstić information content (AvgIpc) is 3.39. The highest BCUT2D eigenvalue weighted by Gasteiger charge is 2.37. The van der Waals surface area contributed by atoms with Crippen molar-refractivity contribution in [3.05, 3.63) is 59.7 Å². The summed E-state index contributed by atoms with van der Waals surface area (Å²) in [6.07, 6.45) is 3.06. The van der Waals surface area contributed by atoms with Crippen molar-refractivity contribution in [2.45, 2.75) is 25.3 Å². The minimum Gasteiger partial charge on any atom is -0.493 e. The molecule has 1 unspecified atom stereocenters. The Balaban J connectivity index is 1.12. The van der Waals surface area contributed by atoms with Gasteiger partial charge in [-0.05, 0) is 42.2 Å². The summed E-state index contributed by atoms with van der Waals surface area (Å²) < 4.78 is 5.61. The van der Waals surface area contributed by atoms with Crippen molar-refractivity contribution >= 4 is 11.6 Å². The Hall–Kier alpha value is -2.37. The van der Waals surface area contributed by atoms with Gasteiger partial charge in [0.15, 0.2) is 0 Å². The Morgan fingerprint density at radius 2 is 1.79 bits per heavy atom. The van der Waals surface area contributed by atoms with Crippen LogP contribution in [0.5, 0.6) is 5.75 Å². The molecule has 3 aliphatic rings. The summed E-state index contributed by atoms with van der Waals surface area (Å²) in [6, 6.07) is 16.8. The van der Waals surface area contributed by atoms with E-state index in [1.165, 1.54) is 11.1 Å². The molecule has 2 aromatic carbocycles. The molecular weight excluding hydrogens is 362 g/mol. The highest BCUT2D eigenvalue weighted by molar-refractivity contribution is 5.99. The number of rotatable bonds is 5. The van der Waals surface area contributed by atoms with Gasteiger partial charge in [-0.3, -0.25) is 9.69 Å². The first kappa shape index (κ1) is 18.6. The van der Waals surface area contributed by atoms with Crippen LogP contribution in [0.25, 0.3) is 0 Å². The van der Waals surface area contributed by atoms with Gasteiger partial charge in [-0.2, -0.15) is 0 Å². The minimum absolute atomic E-state index is 0.0501. The van der Waals surface area contributed by atoms with Crippen molar-refractivity contribution in [3.63, 3.8) is 0 Å². The molecule has 5 rings (SSSR count). The smallest absolute Gasteiger partial charge is 0.244 e. The van der Waals surface area contributed by atoms with E-state index in [2.05, 4.69) is 28.0 Å². The number of carbonyl (C=O) groups excluding carboxylic acids is 1. The second-order valence-electron chi connectivity index (χ2n) is 8.30. The van der Waals surface area contributed by atoms with Crippen LogP contribution in [0.1, 0.15) is 17.5 Å². The van der Waals surface area contributed by atoms with Gasteiger partial charge in [-0.15, -0.1) is 0 Å². The number of hydrogen-bond acceptors (Lipinski definition) is 4. The zero-order chi connectivity index (χ0) is 19.6. The van der Waals surface area contributed by atoms with Gasteiger partial charge in [0.1, 0.15) is 5.75 Å². The minimum atomic E-state index is 0.0501. The van der Waals surface area contributed by atoms with Crippen LogP contribution in [0.3, 0.4) is 0 Å². The molecular formula is C24H29N3O2. The summed E-state index contributed by atoms with van der Waals surface area (Å²) in [5.74, 6) is 1.33. The van der Waals surface area contributed by atoms with Crippen molar-refractivity contribution in [2.24, 2.45) is 0 Å². The normalized spacial score (nSPS) is 22.7. The summed E-state index contributed by atoms with van der Waals surface area (Å²) in [5.41, 5.74) is 3.79. The van der Waals surface area contributed by atoms with Crippen LogP contribution in [0.4, 0.5) is 5.69 Å². The Bertz CT molecular complexity index is 862. The van der Waals surface area contributed by atoms with Gasteiger partial charge in [-0.25, -0.2) is 0 Å². The first-order chi connectivity index (χ1) is 14.3. The SMILES string of the molecule is O=C1C(N2CCN(CCc3ccc4c(c3)CCO4)CC2)CCN1c1ccccc1. The standard InChI is InChI=1S/C24H29N3O2/c28-24-22(9-12-27(24)21-4-2-1-3-5-21)26-15-13-25(14-16-26)11-8-19-6-7-23-20(18-19)10-17-29-23/h1-7,18,22H,8-17H2. The number of carbonyl (C=O) groups is 1. The molecule has 5 heteroatoms. The molecule has 3 heterocycles. The Labute approximate surface area is 172 Å². The van der Waals surface area contributed by atoms with Gasteiger partial charge in [0.05, 0.1) is 12.6 Å². The maximum Gasteiger partial charge on any atom is 0.244 e. The molecule has 1 amide bonds. The molecule has 3 aliphatic heterocycles. The number of ether oxygens (including phenoxy) is 1. The Morgan fingerprint density at radius 3 is 2.62 bits per heavy atom. The fraction of sp³-hybridized carbons (Fsp3) is 0.458. The number of hydrogen-bond donors (Lipinski definition) is 0. The second kappa shape index (κ2) is 8.17. The van der Waals surface area contributed by atoms with Gasteiger partial charge in [0.25, 0.3) is 0 Å². The number of amides is 1. The van der Waals surface area contributed by atoms with E-state index in [-0.39, 0.29) is 11.9 Å². The predicted octanol–water partition coefficient (Wildman–Crippen LogP) is 2.59. The third kappa shape index (κ3) is 3.89. The summed E-state index contributed by atoms with van der Waals surface area (Å²) >= 11 is 0. The zero-order valence-corrected chi connectivity index (χ0v) is 16.9. The van der Waals surface area contributed by atoms with Crippen LogP contribution in [0, 0.1) is 0 Å². The van der Waals surface area contributed by atoms with Crippen molar-refractivity contribution < 1.29 is 9.53 Å². The molecule has 2 saturated heterocycles. The molecule has 0 aromatic heterocycles. The lowest BCUT2D eigenvalue weighted by Gasteiger charge is -2.37. The van der Waals surface area contributed by atoms with E-state index in [0.717, 1.165) is 76.6 Å². The quantitative estimate of drug-likeness (QED) is 0.785. The van der Waals surface area contributed by atoms with Crippen molar-refractivity contribution in [1.82, 2.24) is 9.80 Å². The lowest BCUT2D eigenvalue weighted by Crippen LogP contribution is -2.52. The summed E-state index contributed by atoms with van der Waals surface area (Å²) in [4.78, 5) is 19.8. The Kier molecular flexibility index (Phi) is 5.25. The molecule has 0 spiro atoms. The van der Waals surface area contributed by atoms with Crippen LogP contribution in [0.2, 0.25) is 0 Å². The lowest BCUT2D eigenvalue weighted by molar-refractivity contribution is -0.122. The predicted molar refractivity (Wildman–Crippen MR) is 115 cm³/mol. The number of fused-ring (bicyclic) bond motifs is 1.